The first-order valence-electron chi connectivity index (χ1n) is 37.8. The number of hydrogen-bond acceptors (Lipinski definition) is 12. The van der Waals surface area contributed by atoms with E-state index in [4.69, 9.17) is 34.5 Å². The van der Waals surface area contributed by atoms with Gasteiger partial charge in [-0.3, -0.25) is 0 Å². The molecule has 0 aliphatic heterocycles. The molecule has 4 radical (unpaired) electrons. The molecule has 0 atom stereocenters. The van der Waals surface area contributed by atoms with Crippen molar-refractivity contribution in [1.82, 2.24) is 19.9 Å². The molecule has 14 aromatic carbocycles. The van der Waals surface area contributed by atoms with Crippen molar-refractivity contribution in [3.8, 4) is 73.6 Å². The number of nitrogens with zero attached hydrogens (tertiary/aromatic N) is 4. The molecule has 0 N–H and O–H groups in total. The van der Waals surface area contributed by atoms with E-state index in [1.807, 2.05) is 210 Å². The molecular formula is C98H76Al3GaN4O8Si. The molecule has 0 amide bonds. The van der Waals surface area contributed by atoms with Gasteiger partial charge >= 0.3 is 209 Å². The average Bonchev–Trinajstić information content (AvgIpc) is 0.754. The van der Waals surface area contributed by atoms with Crippen LogP contribution in [0.5, 0.6) is 40.2 Å². The SMILES string of the molecule is Cc1ccc2cccc([O][Al][O][Si](c3ccccc3)(c3ccccc3)c3ccccc3)c2n1.Cc1ccc2cccc([O][Al][O]c3ccc(-c4ccccc4)cc3)c2n1.Cc1ccc2cccc([O][Al][O]c3ccc4cc(-c5ccccc5)ccc4c3)c2n1.Cc1ccc2cccc([O][Ga][O]c3ccc(-c4ccccc4)cc3)c2n1. The Morgan fingerprint density at radius 3 is 0.948 bits per heavy atom. The first-order chi connectivity index (χ1) is 56.6. The topological polar surface area (TPSA) is 125 Å². The molecule has 0 aliphatic rings. The summed E-state index contributed by atoms with van der Waals surface area (Å²) in [6.07, 6.45) is 0. The third-order valence-corrected chi connectivity index (χ3v) is 27.7. The Morgan fingerprint density at radius 2 is 0.530 bits per heavy atom. The van der Waals surface area contributed by atoms with Gasteiger partial charge in [0.15, 0.2) is 0 Å². The van der Waals surface area contributed by atoms with Gasteiger partial charge in [-0.15, -0.1) is 0 Å². The fraction of sp³-hybridized carbons (Fsp3) is 0.0408. The van der Waals surface area contributed by atoms with Crippen LogP contribution in [-0.2, 0) is 3.48 Å². The molecule has 0 saturated carbocycles. The number of benzene rings is 14. The number of rotatable bonds is 22. The Kier molecular flexibility index (Phi) is 26.3. The van der Waals surface area contributed by atoms with Crippen molar-refractivity contribution in [2.75, 3.05) is 0 Å². The van der Waals surface area contributed by atoms with Crippen LogP contribution in [0.3, 0.4) is 0 Å². The summed E-state index contributed by atoms with van der Waals surface area (Å²) in [5, 5.41) is 10.2. The van der Waals surface area contributed by atoms with Crippen molar-refractivity contribution in [2.45, 2.75) is 27.7 Å². The van der Waals surface area contributed by atoms with Crippen LogP contribution in [0.1, 0.15) is 22.8 Å². The second-order valence-electron chi connectivity index (χ2n) is 27.1. The molecule has 115 heavy (non-hydrogen) atoms. The van der Waals surface area contributed by atoms with Crippen molar-refractivity contribution in [1.29, 1.82) is 0 Å². The van der Waals surface area contributed by atoms with Crippen LogP contribution < -0.4 is 41.6 Å². The summed E-state index contributed by atoms with van der Waals surface area (Å²) in [5.74, 6) is 5.56. The normalized spacial score (nSPS) is 10.8. The predicted molar refractivity (Wildman–Crippen MR) is 472 cm³/mol. The van der Waals surface area contributed by atoms with E-state index in [0.29, 0.717) is 0 Å². The molecule has 18 aromatic rings. The molecule has 0 saturated heterocycles. The predicted octanol–water partition coefficient (Wildman–Crippen LogP) is 20.9. The number of pyridine rings is 4. The maximum atomic E-state index is 6.94. The monoisotopic (exact) mass is 1610 g/mol. The number of fused-ring (bicyclic) bond motifs is 5. The van der Waals surface area contributed by atoms with Gasteiger partial charge in [-0.05, 0) is 136 Å². The molecule has 4 aromatic heterocycles. The zero-order chi connectivity index (χ0) is 78.4. The summed E-state index contributed by atoms with van der Waals surface area (Å²) in [7, 11) is -2.76. The Morgan fingerprint density at radius 1 is 0.226 bits per heavy atom. The van der Waals surface area contributed by atoms with Crippen molar-refractivity contribution < 1.29 is 29.5 Å². The summed E-state index contributed by atoms with van der Waals surface area (Å²) in [4.78, 5) is 18.5. The zero-order valence-electron chi connectivity index (χ0n) is 63.8. The van der Waals surface area contributed by atoms with E-state index in [9.17, 15) is 0 Å². The van der Waals surface area contributed by atoms with Gasteiger partial charge in [0.2, 0.25) is 0 Å². The van der Waals surface area contributed by atoms with Crippen LogP contribution in [0, 0.1) is 27.7 Å². The van der Waals surface area contributed by atoms with Gasteiger partial charge in [0.05, 0.1) is 11.5 Å². The van der Waals surface area contributed by atoms with Gasteiger partial charge < -0.3 is 22.4 Å². The molecule has 0 unspecified atom stereocenters. The molecular weight excluding hydrogens is 1540 g/mol. The third-order valence-electron chi connectivity index (χ3n) is 19.2. The van der Waals surface area contributed by atoms with Gasteiger partial charge in [0.1, 0.15) is 33.8 Å². The van der Waals surface area contributed by atoms with Crippen molar-refractivity contribution in [3.05, 3.63) is 411 Å². The van der Waals surface area contributed by atoms with Crippen LogP contribution in [0.2, 0.25) is 0 Å². The van der Waals surface area contributed by atoms with Crippen molar-refractivity contribution in [2.24, 2.45) is 0 Å². The van der Waals surface area contributed by atoms with E-state index in [2.05, 4.69) is 221 Å². The van der Waals surface area contributed by atoms with E-state index in [1.54, 1.807) is 0 Å². The quantitative estimate of drug-likeness (QED) is 0.0474. The number of hydrogen-bond donors (Lipinski definition) is 0. The van der Waals surface area contributed by atoms with Gasteiger partial charge in [-0.2, -0.15) is 0 Å². The minimum absolute atomic E-state index is 0.665. The summed E-state index contributed by atoms with van der Waals surface area (Å²) < 4.78 is 48.7. The zero-order valence-corrected chi connectivity index (χ0v) is 70.7. The fourth-order valence-electron chi connectivity index (χ4n) is 13.3. The number of para-hydroxylation sites is 4. The molecule has 0 spiro atoms. The average molecular weight is 1620 g/mol. The Balaban J connectivity index is 0.000000121. The van der Waals surface area contributed by atoms with E-state index in [-0.39, 0.29) is 0 Å². The van der Waals surface area contributed by atoms with Gasteiger partial charge in [0.25, 0.3) is 8.32 Å². The summed E-state index contributed by atoms with van der Waals surface area (Å²) in [6.45, 7) is 7.95. The fourth-order valence-corrected chi connectivity index (χ4v) is 21.5. The Labute approximate surface area is 699 Å². The van der Waals surface area contributed by atoms with Crippen molar-refractivity contribution in [3.63, 3.8) is 0 Å². The molecule has 552 valence electrons. The van der Waals surface area contributed by atoms with Crippen LogP contribution in [0.25, 0.3) is 87.8 Å². The molecule has 12 nitrogen and oxygen atoms in total. The second kappa shape index (κ2) is 38.7. The van der Waals surface area contributed by atoms with Gasteiger partial charge in [0, 0.05) is 33.2 Å². The second-order valence-corrected chi connectivity index (χ2v) is 34.3. The first-order valence-corrected chi connectivity index (χ1v) is 44.5. The van der Waals surface area contributed by atoms with Crippen LogP contribution in [0.4, 0.5) is 0 Å². The molecule has 17 heteroatoms. The standard InChI is InChI=1S/C18H15OSi.C16H12O.2C12H10O.4C10H9NO.3Al.Ga/c19-20(16-10-4-1-5-11-16,17-12-6-2-7-13-17)18-14-8-3-9-15-18;17-16-9-8-14-10-13(6-7-15(14)11-16)12-4-2-1-3-5-12;2*13-12-8-6-11(7-9-12)10-4-2-1-3-5-10;4*1-7-5-6-8-3-2-4-9(12)10(8)11-7;;;;/h1-15H;1-11,17H;2*1-9,13H;4*2-6,12H,1H3;;;;/q-1;;;;;;;;4*+2/p-7. The Hall–Kier alpha value is -12.0. The van der Waals surface area contributed by atoms with Gasteiger partial charge in [-0.25, -0.2) is 15.0 Å². The third kappa shape index (κ3) is 20.1. The van der Waals surface area contributed by atoms with Crippen LogP contribution in [-0.4, -0.2) is 94.1 Å². The summed E-state index contributed by atoms with van der Waals surface area (Å²) in [5.41, 5.74) is 14.6. The van der Waals surface area contributed by atoms with E-state index >= 15 is 0 Å². The molecule has 4 heterocycles. The molecule has 0 bridgehead atoms. The first kappa shape index (κ1) is 78.3. The number of aromatic nitrogens is 4. The van der Waals surface area contributed by atoms with Crippen molar-refractivity contribution >= 4 is 144 Å². The molecule has 0 fully saturated rings. The summed E-state index contributed by atoms with van der Waals surface area (Å²) in [6, 6.07) is 132. The minimum atomic E-state index is -2.76. The Bertz CT molecular complexity index is 5980. The maximum absolute atomic E-state index is 6.94. The van der Waals surface area contributed by atoms with E-state index in [0.717, 1.165) is 112 Å². The van der Waals surface area contributed by atoms with Crippen LogP contribution >= 0.6 is 0 Å². The molecule has 0 aliphatic carbocycles. The van der Waals surface area contributed by atoms with E-state index in [1.165, 1.54) is 54.3 Å². The van der Waals surface area contributed by atoms with Crippen LogP contribution in [0.15, 0.2) is 388 Å². The van der Waals surface area contributed by atoms with Gasteiger partial charge in [-0.1, -0.05) is 237 Å². The molecule has 18 rings (SSSR count). The summed E-state index contributed by atoms with van der Waals surface area (Å²) >= 11 is -3.52. The number of aryl methyl sites for hydroxylation is 4. The van der Waals surface area contributed by atoms with E-state index < -0.39 is 74.1 Å².